The molecule has 0 bridgehead atoms. The van der Waals surface area contributed by atoms with Gasteiger partial charge in [-0.1, -0.05) is 6.07 Å². The number of anilines is 1. The first kappa shape index (κ1) is 14.4. The highest BCUT2D eigenvalue weighted by atomic mass is 16.6. The number of amides is 1. The third kappa shape index (κ3) is 3.51. The normalized spacial score (nSPS) is 9.95. The van der Waals surface area contributed by atoms with Gasteiger partial charge in [-0.05, 0) is 23.8 Å². The highest BCUT2D eigenvalue weighted by Gasteiger charge is 2.16. The lowest BCUT2D eigenvalue weighted by Gasteiger charge is -2.07. The van der Waals surface area contributed by atoms with E-state index in [4.69, 9.17) is 5.84 Å². The van der Waals surface area contributed by atoms with E-state index in [-0.39, 0.29) is 23.5 Å². The summed E-state index contributed by atoms with van der Waals surface area (Å²) in [7, 11) is 0. The molecule has 0 saturated heterocycles. The van der Waals surface area contributed by atoms with E-state index in [0.717, 1.165) is 5.56 Å². The first-order valence-corrected chi connectivity index (χ1v) is 6.04. The highest BCUT2D eigenvalue weighted by Crippen LogP contribution is 2.24. The van der Waals surface area contributed by atoms with Crippen molar-refractivity contribution >= 4 is 17.3 Å². The second-order valence-electron chi connectivity index (χ2n) is 4.18. The number of hydrazine groups is 1. The van der Waals surface area contributed by atoms with Crippen LogP contribution in [0, 0.1) is 10.1 Å². The minimum absolute atomic E-state index is 0.142. The van der Waals surface area contributed by atoms with Gasteiger partial charge in [0.2, 0.25) is 0 Å². The molecule has 1 aromatic heterocycles. The van der Waals surface area contributed by atoms with Gasteiger partial charge < -0.3 is 10.7 Å². The molecule has 0 aliphatic carbocycles. The fourth-order valence-electron chi connectivity index (χ4n) is 1.73. The molecule has 2 aromatic rings. The molecule has 0 aliphatic heterocycles. The number of nitro groups is 1. The summed E-state index contributed by atoms with van der Waals surface area (Å²) in [5, 5.41) is 13.6. The molecule has 21 heavy (non-hydrogen) atoms. The Morgan fingerprint density at radius 3 is 2.81 bits per heavy atom. The molecule has 0 atom stereocenters. The van der Waals surface area contributed by atoms with Crippen LogP contribution in [0.15, 0.2) is 42.7 Å². The maximum absolute atomic E-state index is 12.0. The Kier molecular flexibility index (Phi) is 4.42. The standard InChI is InChI=1S/C13H13N5O3/c14-17-11-4-3-10(6-12(11)18(20)21)13(19)16-8-9-2-1-5-15-7-9/h1-7,17H,8,14H2,(H,16,19). The molecule has 8 heteroatoms. The Bertz CT molecular complexity index is 660. The molecular formula is C13H13N5O3. The van der Waals surface area contributed by atoms with Gasteiger partial charge in [0, 0.05) is 30.6 Å². The van der Waals surface area contributed by atoms with Crippen molar-refractivity contribution < 1.29 is 9.72 Å². The van der Waals surface area contributed by atoms with Gasteiger partial charge in [-0.25, -0.2) is 0 Å². The van der Waals surface area contributed by atoms with Crippen LogP contribution in [0.25, 0.3) is 0 Å². The molecule has 108 valence electrons. The number of carbonyl (C=O) groups is 1. The van der Waals surface area contributed by atoms with E-state index in [1.54, 1.807) is 18.5 Å². The molecule has 0 saturated carbocycles. The number of nitro benzene ring substituents is 1. The lowest BCUT2D eigenvalue weighted by atomic mass is 10.1. The van der Waals surface area contributed by atoms with Crippen molar-refractivity contribution in [2.75, 3.05) is 5.43 Å². The summed E-state index contributed by atoms with van der Waals surface area (Å²) in [4.78, 5) is 26.2. The van der Waals surface area contributed by atoms with E-state index in [1.165, 1.54) is 18.2 Å². The molecule has 0 radical (unpaired) electrons. The summed E-state index contributed by atoms with van der Waals surface area (Å²) < 4.78 is 0. The summed E-state index contributed by atoms with van der Waals surface area (Å²) in [5.41, 5.74) is 3.12. The molecule has 4 N–H and O–H groups in total. The van der Waals surface area contributed by atoms with Crippen LogP contribution in [-0.2, 0) is 6.54 Å². The number of aromatic nitrogens is 1. The zero-order valence-electron chi connectivity index (χ0n) is 10.9. The number of hydrogen-bond acceptors (Lipinski definition) is 6. The molecule has 0 aliphatic rings. The van der Waals surface area contributed by atoms with E-state index in [0.29, 0.717) is 0 Å². The average Bonchev–Trinajstić information content (AvgIpc) is 2.52. The maximum Gasteiger partial charge on any atom is 0.294 e. The van der Waals surface area contributed by atoms with Crippen LogP contribution in [0.1, 0.15) is 15.9 Å². The Balaban J connectivity index is 2.12. The van der Waals surface area contributed by atoms with Crippen LogP contribution < -0.4 is 16.6 Å². The SMILES string of the molecule is NNc1ccc(C(=O)NCc2cccnc2)cc1[N+](=O)[O-]. The number of carbonyl (C=O) groups excluding carboxylic acids is 1. The zero-order chi connectivity index (χ0) is 15.2. The number of pyridine rings is 1. The molecule has 1 amide bonds. The van der Waals surface area contributed by atoms with E-state index < -0.39 is 10.8 Å². The van der Waals surface area contributed by atoms with Crippen molar-refractivity contribution in [3.8, 4) is 0 Å². The third-order valence-electron chi connectivity index (χ3n) is 2.79. The monoisotopic (exact) mass is 287 g/mol. The van der Waals surface area contributed by atoms with Crippen LogP contribution >= 0.6 is 0 Å². The fraction of sp³-hybridized carbons (Fsp3) is 0.0769. The number of nitrogen functional groups attached to an aromatic ring is 1. The predicted molar refractivity (Wildman–Crippen MR) is 76.3 cm³/mol. The van der Waals surface area contributed by atoms with Gasteiger partial charge in [-0.15, -0.1) is 0 Å². The second-order valence-corrected chi connectivity index (χ2v) is 4.18. The smallest absolute Gasteiger partial charge is 0.294 e. The van der Waals surface area contributed by atoms with Crippen molar-refractivity contribution in [2.24, 2.45) is 5.84 Å². The first-order valence-electron chi connectivity index (χ1n) is 6.04. The molecule has 0 unspecified atom stereocenters. The lowest BCUT2D eigenvalue weighted by molar-refractivity contribution is -0.384. The lowest BCUT2D eigenvalue weighted by Crippen LogP contribution is -2.23. The van der Waals surface area contributed by atoms with Gasteiger partial charge in [-0.3, -0.25) is 25.7 Å². The van der Waals surface area contributed by atoms with Gasteiger partial charge in [0.05, 0.1) is 4.92 Å². The van der Waals surface area contributed by atoms with Crippen molar-refractivity contribution in [1.82, 2.24) is 10.3 Å². The Morgan fingerprint density at radius 1 is 1.38 bits per heavy atom. The third-order valence-corrected chi connectivity index (χ3v) is 2.79. The molecule has 8 nitrogen and oxygen atoms in total. The van der Waals surface area contributed by atoms with Gasteiger partial charge in [-0.2, -0.15) is 0 Å². The van der Waals surface area contributed by atoms with Crippen LogP contribution in [0.2, 0.25) is 0 Å². The summed E-state index contributed by atoms with van der Waals surface area (Å²) in [5.74, 6) is 4.78. The Hall–Kier alpha value is -3.00. The summed E-state index contributed by atoms with van der Waals surface area (Å²) in [6.07, 6.45) is 3.26. The summed E-state index contributed by atoms with van der Waals surface area (Å²) in [6, 6.07) is 7.59. The minimum Gasteiger partial charge on any atom is -0.348 e. The number of benzene rings is 1. The fourth-order valence-corrected chi connectivity index (χ4v) is 1.73. The Labute approximate surface area is 120 Å². The summed E-state index contributed by atoms with van der Waals surface area (Å²) >= 11 is 0. The van der Waals surface area contributed by atoms with Gasteiger partial charge >= 0.3 is 0 Å². The molecule has 1 heterocycles. The topological polar surface area (TPSA) is 123 Å². The molecular weight excluding hydrogens is 274 g/mol. The largest absolute Gasteiger partial charge is 0.348 e. The van der Waals surface area contributed by atoms with Crippen molar-refractivity contribution in [1.29, 1.82) is 0 Å². The van der Waals surface area contributed by atoms with Crippen LogP contribution in [-0.4, -0.2) is 15.8 Å². The second kappa shape index (κ2) is 6.44. The van der Waals surface area contributed by atoms with Crippen molar-refractivity contribution in [2.45, 2.75) is 6.54 Å². The van der Waals surface area contributed by atoms with Crippen molar-refractivity contribution in [3.05, 3.63) is 64.0 Å². The summed E-state index contributed by atoms with van der Waals surface area (Å²) in [6.45, 7) is 0.289. The van der Waals surface area contributed by atoms with Gasteiger partial charge in [0.25, 0.3) is 11.6 Å². The zero-order valence-corrected chi connectivity index (χ0v) is 10.9. The minimum atomic E-state index is -0.604. The van der Waals surface area contributed by atoms with E-state index in [9.17, 15) is 14.9 Å². The molecule has 2 rings (SSSR count). The van der Waals surface area contributed by atoms with E-state index >= 15 is 0 Å². The van der Waals surface area contributed by atoms with E-state index in [2.05, 4.69) is 15.7 Å². The first-order chi connectivity index (χ1) is 10.1. The number of rotatable bonds is 5. The average molecular weight is 287 g/mol. The number of nitrogens with zero attached hydrogens (tertiary/aromatic N) is 2. The molecule has 1 aromatic carbocycles. The highest BCUT2D eigenvalue weighted by molar-refractivity contribution is 5.95. The number of nitrogens with two attached hydrogens (primary N) is 1. The van der Waals surface area contributed by atoms with Crippen LogP contribution in [0.4, 0.5) is 11.4 Å². The Morgan fingerprint density at radius 2 is 2.19 bits per heavy atom. The van der Waals surface area contributed by atoms with Crippen molar-refractivity contribution in [3.63, 3.8) is 0 Å². The van der Waals surface area contributed by atoms with E-state index in [1.807, 2.05) is 6.07 Å². The molecule has 0 fully saturated rings. The van der Waals surface area contributed by atoms with Crippen LogP contribution in [0.3, 0.4) is 0 Å². The van der Waals surface area contributed by atoms with Crippen LogP contribution in [0.5, 0.6) is 0 Å². The predicted octanol–water partition coefficient (Wildman–Crippen LogP) is 1.21. The van der Waals surface area contributed by atoms with Gasteiger partial charge in [0.1, 0.15) is 5.69 Å². The number of hydrogen-bond donors (Lipinski definition) is 3. The number of nitrogens with one attached hydrogen (secondary N) is 2. The molecule has 0 spiro atoms. The van der Waals surface area contributed by atoms with Gasteiger partial charge in [0.15, 0.2) is 0 Å². The quantitative estimate of drug-likeness (QED) is 0.431. The maximum atomic E-state index is 12.0.